The summed E-state index contributed by atoms with van der Waals surface area (Å²) in [6, 6.07) is 14.1. The number of carbonyl (C=O) groups is 1. The van der Waals surface area contributed by atoms with Crippen LogP contribution in [0.2, 0.25) is 0 Å². The molecule has 0 spiro atoms. The van der Waals surface area contributed by atoms with E-state index in [9.17, 15) is 9.90 Å². The zero-order valence-corrected chi connectivity index (χ0v) is 12.4. The standard InChI is InChI=1S/C16H12O2S2/c1-2-11(16(17)18)10-7-8-14-15(9-10)20-13-6-4-3-5-12(13)19-14/h2-9H,1H3,(H,17,18). The van der Waals surface area contributed by atoms with Crippen molar-refractivity contribution < 1.29 is 9.90 Å². The molecule has 0 saturated carbocycles. The van der Waals surface area contributed by atoms with Crippen molar-refractivity contribution >= 4 is 35.1 Å². The zero-order chi connectivity index (χ0) is 14.1. The zero-order valence-electron chi connectivity index (χ0n) is 10.8. The Labute approximate surface area is 125 Å². The van der Waals surface area contributed by atoms with Crippen LogP contribution in [0.3, 0.4) is 0 Å². The number of carboxylic acid groups (broad SMARTS) is 1. The van der Waals surface area contributed by atoms with E-state index in [1.807, 2.05) is 30.3 Å². The second-order valence-corrected chi connectivity index (χ2v) is 6.49. The Balaban J connectivity index is 2.02. The van der Waals surface area contributed by atoms with Crippen LogP contribution in [0.5, 0.6) is 0 Å². The average Bonchev–Trinajstić information content (AvgIpc) is 2.45. The maximum Gasteiger partial charge on any atom is 0.335 e. The van der Waals surface area contributed by atoms with Crippen molar-refractivity contribution in [2.24, 2.45) is 0 Å². The van der Waals surface area contributed by atoms with Crippen molar-refractivity contribution in [2.45, 2.75) is 26.5 Å². The second-order valence-electron chi connectivity index (χ2n) is 4.32. The van der Waals surface area contributed by atoms with Gasteiger partial charge in [0.2, 0.25) is 0 Å². The molecule has 20 heavy (non-hydrogen) atoms. The predicted octanol–water partition coefficient (Wildman–Crippen LogP) is 4.79. The van der Waals surface area contributed by atoms with Gasteiger partial charge in [0.15, 0.2) is 0 Å². The van der Waals surface area contributed by atoms with Crippen LogP contribution < -0.4 is 0 Å². The fourth-order valence-electron chi connectivity index (χ4n) is 2.11. The fraction of sp³-hybridized carbons (Fsp3) is 0.0625. The van der Waals surface area contributed by atoms with Gasteiger partial charge in [0.1, 0.15) is 0 Å². The van der Waals surface area contributed by atoms with Gasteiger partial charge in [-0.1, -0.05) is 47.8 Å². The minimum Gasteiger partial charge on any atom is -0.478 e. The third kappa shape index (κ3) is 2.37. The highest BCUT2D eigenvalue weighted by molar-refractivity contribution is 8.05. The third-order valence-electron chi connectivity index (χ3n) is 3.06. The highest BCUT2D eigenvalue weighted by atomic mass is 32.2. The Morgan fingerprint density at radius 1 is 1.00 bits per heavy atom. The number of aliphatic carboxylic acids is 1. The summed E-state index contributed by atoms with van der Waals surface area (Å²) in [4.78, 5) is 16.0. The molecule has 0 bridgehead atoms. The van der Waals surface area contributed by atoms with E-state index in [0.717, 1.165) is 10.5 Å². The van der Waals surface area contributed by atoms with Gasteiger partial charge in [-0.15, -0.1) is 0 Å². The van der Waals surface area contributed by atoms with Crippen molar-refractivity contribution in [3.05, 3.63) is 54.1 Å². The van der Waals surface area contributed by atoms with E-state index in [1.165, 1.54) is 14.7 Å². The van der Waals surface area contributed by atoms with Gasteiger partial charge in [0, 0.05) is 19.6 Å². The largest absolute Gasteiger partial charge is 0.478 e. The van der Waals surface area contributed by atoms with Crippen LogP contribution in [0.15, 0.2) is 68.1 Å². The molecule has 4 heteroatoms. The molecule has 1 N–H and O–H groups in total. The van der Waals surface area contributed by atoms with Crippen LogP contribution >= 0.6 is 23.5 Å². The van der Waals surface area contributed by atoms with Gasteiger partial charge in [-0.2, -0.15) is 0 Å². The van der Waals surface area contributed by atoms with Crippen LogP contribution in [0, 0.1) is 0 Å². The summed E-state index contributed by atoms with van der Waals surface area (Å²) >= 11 is 3.43. The number of rotatable bonds is 2. The average molecular weight is 300 g/mol. The van der Waals surface area contributed by atoms with Crippen molar-refractivity contribution in [3.63, 3.8) is 0 Å². The van der Waals surface area contributed by atoms with E-state index in [1.54, 1.807) is 36.5 Å². The lowest BCUT2D eigenvalue weighted by Crippen LogP contribution is -2.00. The molecule has 0 fully saturated rings. The predicted molar refractivity (Wildman–Crippen MR) is 82.4 cm³/mol. The summed E-state index contributed by atoms with van der Waals surface area (Å²) in [5, 5.41) is 9.21. The monoisotopic (exact) mass is 300 g/mol. The van der Waals surface area contributed by atoms with Crippen LogP contribution in [-0.2, 0) is 4.79 Å². The van der Waals surface area contributed by atoms with Crippen LogP contribution in [-0.4, -0.2) is 11.1 Å². The van der Waals surface area contributed by atoms with E-state index in [4.69, 9.17) is 0 Å². The normalized spacial score (nSPS) is 13.6. The van der Waals surface area contributed by atoms with Gasteiger partial charge < -0.3 is 5.11 Å². The number of benzene rings is 2. The molecule has 0 amide bonds. The molecule has 1 aliphatic rings. The first-order valence-corrected chi connectivity index (χ1v) is 7.81. The van der Waals surface area contributed by atoms with Crippen molar-refractivity contribution in [1.82, 2.24) is 0 Å². The van der Waals surface area contributed by atoms with Crippen LogP contribution in [0.25, 0.3) is 5.57 Å². The Bertz CT molecular complexity index is 720. The molecule has 0 saturated heterocycles. The summed E-state index contributed by atoms with van der Waals surface area (Å²) in [6.07, 6.45) is 1.64. The highest BCUT2D eigenvalue weighted by Gasteiger charge is 2.18. The number of fused-ring (bicyclic) bond motifs is 2. The molecule has 100 valence electrons. The summed E-state index contributed by atoms with van der Waals surface area (Å²) in [6.45, 7) is 1.75. The lowest BCUT2D eigenvalue weighted by atomic mass is 10.1. The Morgan fingerprint density at radius 3 is 2.20 bits per heavy atom. The summed E-state index contributed by atoms with van der Waals surface area (Å²) < 4.78 is 0. The quantitative estimate of drug-likeness (QED) is 0.690. The molecule has 2 aromatic rings. The molecule has 2 aromatic carbocycles. The van der Waals surface area contributed by atoms with Gasteiger partial charge in [0.05, 0.1) is 5.57 Å². The van der Waals surface area contributed by atoms with Crippen molar-refractivity contribution in [3.8, 4) is 0 Å². The molecule has 0 aliphatic carbocycles. The van der Waals surface area contributed by atoms with E-state index in [2.05, 4.69) is 12.1 Å². The van der Waals surface area contributed by atoms with Gasteiger partial charge >= 0.3 is 5.97 Å². The number of hydrogen-bond acceptors (Lipinski definition) is 3. The van der Waals surface area contributed by atoms with Gasteiger partial charge in [0.25, 0.3) is 0 Å². The van der Waals surface area contributed by atoms with Gasteiger partial charge in [-0.05, 0) is 36.8 Å². The molecular formula is C16H12O2S2. The Kier molecular flexibility index (Phi) is 3.59. The van der Waals surface area contributed by atoms with E-state index in [0.29, 0.717) is 5.57 Å². The molecule has 0 radical (unpaired) electrons. The minimum absolute atomic E-state index is 0.345. The summed E-state index contributed by atoms with van der Waals surface area (Å²) in [7, 11) is 0. The maximum absolute atomic E-state index is 11.2. The smallest absolute Gasteiger partial charge is 0.335 e. The number of hydrogen-bond donors (Lipinski definition) is 1. The first-order valence-electron chi connectivity index (χ1n) is 6.18. The lowest BCUT2D eigenvalue weighted by molar-refractivity contribution is -0.130. The number of allylic oxidation sites excluding steroid dienone is 1. The lowest BCUT2D eigenvalue weighted by Gasteiger charge is -2.18. The second kappa shape index (κ2) is 5.38. The topological polar surface area (TPSA) is 37.3 Å². The molecule has 0 unspecified atom stereocenters. The molecule has 3 rings (SSSR count). The first-order chi connectivity index (χ1) is 9.69. The molecule has 0 aromatic heterocycles. The van der Waals surface area contributed by atoms with Gasteiger partial charge in [-0.25, -0.2) is 4.79 Å². The SMILES string of the molecule is CC=C(C(=O)O)c1ccc2c(c1)Sc1ccccc1S2. The molecule has 2 nitrogen and oxygen atoms in total. The Morgan fingerprint density at radius 2 is 1.60 bits per heavy atom. The molecule has 1 aliphatic heterocycles. The van der Waals surface area contributed by atoms with E-state index < -0.39 is 5.97 Å². The molecule has 1 heterocycles. The van der Waals surface area contributed by atoms with E-state index >= 15 is 0 Å². The first kappa shape index (κ1) is 13.3. The summed E-state index contributed by atoms with van der Waals surface area (Å²) in [5.74, 6) is -0.888. The molecular weight excluding hydrogens is 288 g/mol. The van der Waals surface area contributed by atoms with Gasteiger partial charge in [-0.3, -0.25) is 0 Å². The fourth-order valence-corrected chi connectivity index (χ4v) is 4.36. The summed E-state index contributed by atoms with van der Waals surface area (Å²) in [5.41, 5.74) is 1.10. The van der Waals surface area contributed by atoms with E-state index in [-0.39, 0.29) is 0 Å². The van der Waals surface area contributed by atoms with Crippen LogP contribution in [0.4, 0.5) is 0 Å². The third-order valence-corrected chi connectivity index (χ3v) is 5.61. The van der Waals surface area contributed by atoms with Crippen molar-refractivity contribution in [2.75, 3.05) is 0 Å². The highest BCUT2D eigenvalue weighted by Crippen LogP contribution is 2.48. The van der Waals surface area contributed by atoms with Crippen LogP contribution in [0.1, 0.15) is 12.5 Å². The minimum atomic E-state index is -0.888. The maximum atomic E-state index is 11.2. The number of carboxylic acids is 1. The van der Waals surface area contributed by atoms with Crippen molar-refractivity contribution in [1.29, 1.82) is 0 Å². The Hall–Kier alpha value is -1.65. The molecule has 0 atom stereocenters.